The Bertz CT molecular complexity index is 620. The van der Waals surface area contributed by atoms with Gasteiger partial charge in [0.05, 0.1) is 25.1 Å². The molecule has 1 fully saturated rings. The van der Waals surface area contributed by atoms with Gasteiger partial charge in [0.2, 0.25) is 5.88 Å². The van der Waals surface area contributed by atoms with Crippen molar-refractivity contribution in [2.75, 3.05) is 20.3 Å². The van der Waals surface area contributed by atoms with Gasteiger partial charge >= 0.3 is 0 Å². The zero-order chi connectivity index (χ0) is 14.2. The van der Waals surface area contributed by atoms with Crippen LogP contribution in [0, 0.1) is 0 Å². The van der Waals surface area contributed by atoms with Crippen molar-refractivity contribution in [1.29, 1.82) is 0 Å². The van der Waals surface area contributed by atoms with Crippen molar-refractivity contribution in [2.45, 2.75) is 31.2 Å². The van der Waals surface area contributed by atoms with Gasteiger partial charge in [0.25, 0.3) is 0 Å². The smallest absolute Gasteiger partial charge is 0.215 e. The molecule has 1 atom stereocenters. The van der Waals surface area contributed by atoms with Gasteiger partial charge in [-0.25, -0.2) is 4.98 Å². The maximum absolute atomic E-state index is 6.08. The molecule has 5 nitrogen and oxygen atoms in total. The zero-order valence-electron chi connectivity index (χ0n) is 11.7. The fraction of sp³-hybridized carbons (Fsp3) is 0.571. The topological polar surface area (TPSA) is 49.2 Å². The lowest BCUT2D eigenvalue weighted by Gasteiger charge is -2.36. The fourth-order valence-electron chi connectivity index (χ4n) is 2.85. The van der Waals surface area contributed by atoms with Gasteiger partial charge in [0.1, 0.15) is 11.3 Å². The van der Waals surface area contributed by atoms with Crippen LogP contribution in [0.4, 0.5) is 0 Å². The SMILES string of the molecule is COc1ccc2nc(CCl)n(C3(C)CCCOC3)c2n1. The van der Waals surface area contributed by atoms with Gasteiger partial charge in [-0.05, 0) is 25.8 Å². The summed E-state index contributed by atoms with van der Waals surface area (Å²) in [5.74, 6) is 1.77. The summed E-state index contributed by atoms with van der Waals surface area (Å²) >= 11 is 6.08. The summed E-state index contributed by atoms with van der Waals surface area (Å²) in [6.45, 7) is 3.64. The van der Waals surface area contributed by atoms with Gasteiger partial charge in [-0.2, -0.15) is 4.98 Å². The number of nitrogens with zero attached hydrogens (tertiary/aromatic N) is 3. The van der Waals surface area contributed by atoms with Crippen molar-refractivity contribution < 1.29 is 9.47 Å². The molecule has 1 aliphatic rings. The first-order chi connectivity index (χ1) is 9.68. The Morgan fingerprint density at radius 3 is 2.95 bits per heavy atom. The second kappa shape index (κ2) is 5.22. The molecule has 0 N–H and O–H groups in total. The third kappa shape index (κ3) is 2.15. The number of hydrogen-bond acceptors (Lipinski definition) is 4. The predicted molar refractivity (Wildman–Crippen MR) is 77.3 cm³/mol. The average molecular weight is 296 g/mol. The van der Waals surface area contributed by atoms with E-state index in [1.165, 1.54) is 0 Å². The van der Waals surface area contributed by atoms with Gasteiger partial charge in [-0.1, -0.05) is 0 Å². The summed E-state index contributed by atoms with van der Waals surface area (Å²) in [6, 6.07) is 3.73. The molecule has 0 aliphatic carbocycles. The number of methoxy groups -OCH3 is 1. The Morgan fingerprint density at radius 2 is 2.30 bits per heavy atom. The maximum atomic E-state index is 6.08. The van der Waals surface area contributed by atoms with Crippen molar-refractivity contribution >= 4 is 22.8 Å². The molecule has 0 spiro atoms. The van der Waals surface area contributed by atoms with Crippen molar-refractivity contribution in [3.63, 3.8) is 0 Å². The van der Waals surface area contributed by atoms with Crippen LogP contribution in [0.3, 0.4) is 0 Å². The molecule has 0 bridgehead atoms. The molecule has 2 aromatic rings. The highest BCUT2D eigenvalue weighted by Crippen LogP contribution is 2.32. The molecule has 108 valence electrons. The highest BCUT2D eigenvalue weighted by Gasteiger charge is 2.33. The molecule has 2 aromatic heterocycles. The van der Waals surface area contributed by atoms with E-state index < -0.39 is 0 Å². The number of ether oxygens (including phenoxy) is 2. The number of pyridine rings is 1. The molecule has 0 saturated carbocycles. The summed E-state index contributed by atoms with van der Waals surface area (Å²) in [7, 11) is 1.61. The second-order valence-corrected chi connectivity index (χ2v) is 5.61. The van der Waals surface area contributed by atoms with E-state index in [2.05, 4.69) is 21.5 Å². The van der Waals surface area contributed by atoms with Crippen LogP contribution < -0.4 is 4.74 Å². The molecule has 1 unspecified atom stereocenters. The number of fused-ring (bicyclic) bond motifs is 1. The van der Waals surface area contributed by atoms with Gasteiger partial charge < -0.3 is 14.0 Å². The Kier molecular flexibility index (Phi) is 3.56. The minimum Gasteiger partial charge on any atom is -0.481 e. The monoisotopic (exact) mass is 295 g/mol. The number of halogens is 1. The predicted octanol–water partition coefficient (Wildman–Crippen LogP) is 2.70. The lowest BCUT2D eigenvalue weighted by Crippen LogP contribution is -2.40. The Balaban J connectivity index is 2.20. The minimum atomic E-state index is -0.156. The van der Waals surface area contributed by atoms with Gasteiger partial charge in [-0.15, -0.1) is 11.6 Å². The van der Waals surface area contributed by atoms with E-state index in [1.807, 2.05) is 12.1 Å². The number of rotatable bonds is 3. The molecule has 3 rings (SSSR count). The fourth-order valence-corrected chi connectivity index (χ4v) is 3.03. The summed E-state index contributed by atoms with van der Waals surface area (Å²) in [5, 5.41) is 0. The van der Waals surface area contributed by atoms with Crippen LogP contribution in [0.2, 0.25) is 0 Å². The van der Waals surface area contributed by atoms with E-state index >= 15 is 0 Å². The molecule has 1 aliphatic heterocycles. The minimum absolute atomic E-state index is 0.156. The molecule has 0 aromatic carbocycles. The number of alkyl halides is 1. The molecule has 1 saturated heterocycles. The van der Waals surface area contributed by atoms with Crippen LogP contribution in [0.15, 0.2) is 12.1 Å². The summed E-state index contributed by atoms with van der Waals surface area (Å²) in [5.41, 5.74) is 1.50. The average Bonchev–Trinajstić information content (AvgIpc) is 2.86. The molecule has 6 heteroatoms. The normalized spacial score (nSPS) is 23.1. The lowest BCUT2D eigenvalue weighted by atomic mass is 9.94. The van der Waals surface area contributed by atoms with Crippen molar-refractivity contribution in [3.8, 4) is 5.88 Å². The number of imidazole rings is 1. The zero-order valence-corrected chi connectivity index (χ0v) is 12.5. The van der Waals surface area contributed by atoms with E-state index in [1.54, 1.807) is 7.11 Å². The lowest BCUT2D eigenvalue weighted by molar-refractivity contribution is 0.0101. The Labute approximate surface area is 122 Å². The first kappa shape index (κ1) is 13.6. The number of hydrogen-bond donors (Lipinski definition) is 0. The third-order valence-corrected chi connectivity index (χ3v) is 4.07. The Morgan fingerprint density at radius 1 is 1.45 bits per heavy atom. The number of aromatic nitrogens is 3. The van der Waals surface area contributed by atoms with E-state index in [9.17, 15) is 0 Å². The van der Waals surface area contributed by atoms with E-state index in [0.29, 0.717) is 18.4 Å². The largest absolute Gasteiger partial charge is 0.481 e. The van der Waals surface area contributed by atoms with Crippen LogP contribution in [0.5, 0.6) is 5.88 Å². The third-order valence-electron chi connectivity index (χ3n) is 3.83. The van der Waals surface area contributed by atoms with E-state index in [0.717, 1.165) is 36.4 Å². The summed E-state index contributed by atoms with van der Waals surface area (Å²) in [4.78, 5) is 9.13. The second-order valence-electron chi connectivity index (χ2n) is 5.35. The Hall–Kier alpha value is -1.33. The van der Waals surface area contributed by atoms with Crippen LogP contribution >= 0.6 is 11.6 Å². The highest BCUT2D eigenvalue weighted by molar-refractivity contribution is 6.16. The molecule has 20 heavy (non-hydrogen) atoms. The first-order valence-electron chi connectivity index (χ1n) is 6.74. The van der Waals surface area contributed by atoms with Gasteiger partial charge in [0, 0.05) is 12.7 Å². The molecule has 3 heterocycles. The summed E-state index contributed by atoms with van der Waals surface area (Å²) < 4.78 is 13.0. The van der Waals surface area contributed by atoms with Crippen molar-refractivity contribution in [3.05, 3.63) is 18.0 Å². The van der Waals surface area contributed by atoms with Crippen molar-refractivity contribution in [2.24, 2.45) is 0 Å². The first-order valence-corrected chi connectivity index (χ1v) is 7.28. The molecular weight excluding hydrogens is 278 g/mol. The van der Waals surface area contributed by atoms with Gasteiger partial charge in [0.15, 0.2) is 5.65 Å². The standard InChI is InChI=1S/C14H18ClN3O2/c1-14(6-3-7-20-9-14)18-11(8-15)16-10-4-5-12(19-2)17-13(10)18/h4-5H,3,6-9H2,1-2H3. The molecular formula is C14H18ClN3O2. The van der Waals surface area contributed by atoms with Crippen LogP contribution in [0.25, 0.3) is 11.2 Å². The van der Waals surface area contributed by atoms with Crippen LogP contribution in [-0.2, 0) is 16.2 Å². The highest BCUT2D eigenvalue weighted by atomic mass is 35.5. The molecule has 0 amide bonds. The van der Waals surface area contributed by atoms with E-state index in [4.69, 9.17) is 21.1 Å². The van der Waals surface area contributed by atoms with E-state index in [-0.39, 0.29) is 5.54 Å². The summed E-state index contributed by atoms with van der Waals surface area (Å²) in [6.07, 6.45) is 2.06. The maximum Gasteiger partial charge on any atom is 0.215 e. The molecule has 0 radical (unpaired) electrons. The van der Waals surface area contributed by atoms with Gasteiger partial charge in [-0.3, -0.25) is 0 Å². The van der Waals surface area contributed by atoms with Crippen LogP contribution in [0.1, 0.15) is 25.6 Å². The van der Waals surface area contributed by atoms with Crippen molar-refractivity contribution in [1.82, 2.24) is 14.5 Å². The quantitative estimate of drug-likeness (QED) is 0.817. The van der Waals surface area contributed by atoms with Crippen LogP contribution in [-0.4, -0.2) is 34.9 Å².